The molecular formula is C15H26N3O+. The van der Waals surface area contributed by atoms with Gasteiger partial charge in [-0.15, -0.1) is 0 Å². The van der Waals surface area contributed by atoms with Crippen LogP contribution in [-0.2, 0) is 0 Å². The van der Waals surface area contributed by atoms with E-state index in [-0.39, 0.29) is 0 Å². The number of rotatable bonds is 9. The van der Waals surface area contributed by atoms with Gasteiger partial charge in [0.1, 0.15) is 0 Å². The highest BCUT2D eigenvalue weighted by molar-refractivity contribution is 5.78. The molecule has 1 aromatic heterocycles. The molecule has 0 aliphatic carbocycles. The lowest BCUT2D eigenvalue weighted by Crippen LogP contribution is -2.44. The summed E-state index contributed by atoms with van der Waals surface area (Å²) in [7, 11) is 1.78. The zero-order valence-corrected chi connectivity index (χ0v) is 12.3. The largest absolute Gasteiger partial charge is 0.313 e. The molecule has 0 radical (unpaired) electrons. The zero-order chi connectivity index (χ0) is 13.9. The summed E-state index contributed by atoms with van der Waals surface area (Å²) in [5.41, 5.74) is 3.78. The van der Waals surface area contributed by atoms with Crippen LogP contribution in [0.15, 0.2) is 29.6 Å². The monoisotopic (exact) mass is 264 g/mol. The summed E-state index contributed by atoms with van der Waals surface area (Å²) in [5.74, 6) is 0.651. The third kappa shape index (κ3) is 6.22. The summed E-state index contributed by atoms with van der Waals surface area (Å²) in [4.78, 5) is 5.77. The lowest BCUT2D eigenvalue weighted by Gasteiger charge is -2.11. The number of nitrogens with one attached hydrogen (secondary N) is 1. The summed E-state index contributed by atoms with van der Waals surface area (Å²) in [6.45, 7) is 5.24. The first kappa shape index (κ1) is 15.5. The second kappa shape index (κ2) is 9.36. The molecule has 0 bridgehead atoms. The van der Waals surface area contributed by atoms with Crippen molar-refractivity contribution in [1.82, 2.24) is 5.43 Å². The highest BCUT2D eigenvalue weighted by Gasteiger charge is 2.10. The van der Waals surface area contributed by atoms with Gasteiger partial charge in [-0.2, -0.15) is 5.10 Å². The molecule has 0 aliphatic rings. The molecule has 1 unspecified atom stereocenters. The molecule has 0 saturated heterocycles. The Kier molecular flexibility index (Phi) is 7.63. The van der Waals surface area contributed by atoms with Crippen LogP contribution in [0.25, 0.3) is 0 Å². The van der Waals surface area contributed by atoms with E-state index in [0.29, 0.717) is 5.92 Å². The summed E-state index contributed by atoms with van der Waals surface area (Å²) < 4.78 is 1.77. The standard InChI is InChI=1S/C15H25N3O/c1-4-6-7-14(5-2)13-19-18-10-8-15(9-11-18)12-17-16-3/h8-12,14H,4-7,13H2,1-3H3/p+1. The van der Waals surface area contributed by atoms with Crippen molar-refractivity contribution in [2.45, 2.75) is 39.5 Å². The van der Waals surface area contributed by atoms with Crippen LogP contribution in [-0.4, -0.2) is 19.9 Å². The Morgan fingerprint density at radius 2 is 2.11 bits per heavy atom. The van der Waals surface area contributed by atoms with E-state index < -0.39 is 0 Å². The van der Waals surface area contributed by atoms with Crippen molar-refractivity contribution in [1.29, 1.82) is 0 Å². The first-order chi connectivity index (χ1) is 9.30. The molecule has 1 rings (SSSR count). The summed E-state index contributed by atoms with van der Waals surface area (Å²) >= 11 is 0. The normalized spacial score (nSPS) is 12.6. The van der Waals surface area contributed by atoms with E-state index in [1.54, 1.807) is 18.0 Å². The first-order valence-electron chi connectivity index (χ1n) is 7.14. The molecule has 4 nitrogen and oxygen atoms in total. The smallest absolute Gasteiger partial charge is 0.223 e. The van der Waals surface area contributed by atoms with Gasteiger partial charge in [-0.1, -0.05) is 26.7 Å². The molecule has 0 aliphatic heterocycles. The molecule has 0 saturated carbocycles. The zero-order valence-electron chi connectivity index (χ0n) is 12.3. The maximum atomic E-state index is 5.77. The highest BCUT2D eigenvalue weighted by atomic mass is 16.7. The van der Waals surface area contributed by atoms with Crippen molar-refractivity contribution >= 4 is 6.21 Å². The average Bonchev–Trinajstić information content (AvgIpc) is 2.46. The average molecular weight is 264 g/mol. The molecule has 106 valence electrons. The Balaban J connectivity index is 2.42. The molecule has 4 heteroatoms. The SMILES string of the molecule is CCCCC(CC)CO[n+]1ccc(/C=N/NC)cc1. The van der Waals surface area contributed by atoms with Gasteiger partial charge in [0.05, 0.1) is 6.21 Å². The predicted octanol–water partition coefficient (Wildman–Crippen LogP) is 2.17. The minimum Gasteiger partial charge on any atom is -0.313 e. The molecule has 1 aromatic rings. The quantitative estimate of drug-likeness (QED) is 0.422. The van der Waals surface area contributed by atoms with Gasteiger partial charge in [0, 0.05) is 29.5 Å². The van der Waals surface area contributed by atoms with Crippen molar-refractivity contribution in [3.8, 4) is 0 Å². The van der Waals surface area contributed by atoms with Gasteiger partial charge in [-0.3, -0.25) is 4.84 Å². The van der Waals surface area contributed by atoms with Gasteiger partial charge in [0.2, 0.25) is 12.4 Å². The van der Waals surface area contributed by atoms with E-state index in [2.05, 4.69) is 24.4 Å². The van der Waals surface area contributed by atoms with Crippen LogP contribution in [0, 0.1) is 5.92 Å². The first-order valence-corrected chi connectivity index (χ1v) is 7.14. The van der Waals surface area contributed by atoms with Crippen LogP contribution in [0.3, 0.4) is 0 Å². The van der Waals surface area contributed by atoms with Crippen molar-refractivity contribution in [2.75, 3.05) is 13.7 Å². The van der Waals surface area contributed by atoms with Gasteiger partial charge in [0.15, 0.2) is 6.61 Å². The summed E-state index contributed by atoms with van der Waals surface area (Å²) in [5, 5.41) is 3.97. The van der Waals surface area contributed by atoms with Gasteiger partial charge >= 0.3 is 0 Å². The third-order valence-electron chi connectivity index (χ3n) is 3.17. The molecule has 19 heavy (non-hydrogen) atoms. The molecule has 1 N–H and O–H groups in total. The number of hydrogen-bond donors (Lipinski definition) is 1. The predicted molar refractivity (Wildman–Crippen MR) is 78.0 cm³/mol. The van der Waals surface area contributed by atoms with Crippen molar-refractivity contribution in [2.24, 2.45) is 11.0 Å². The van der Waals surface area contributed by atoms with Crippen molar-refractivity contribution < 1.29 is 9.57 Å². The number of pyridine rings is 1. The lowest BCUT2D eigenvalue weighted by molar-refractivity contribution is -0.892. The number of nitrogens with zero attached hydrogens (tertiary/aromatic N) is 2. The number of unbranched alkanes of at least 4 members (excludes halogenated alkanes) is 1. The Morgan fingerprint density at radius 1 is 1.37 bits per heavy atom. The van der Waals surface area contributed by atoms with E-state index >= 15 is 0 Å². The van der Waals surface area contributed by atoms with E-state index in [9.17, 15) is 0 Å². The second-order valence-electron chi connectivity index (χ2n) is 4.69. The minimum absolute atomic E-state index is 0.651. The Labute approximate surface area is 116 Å². The third-order valence-corrected chi connectivity index (χ3v) is 3.17. The molecule has 0 spiro atoms. The fourth-order valence-corrected chi connectivity index (χ4v) is 1.83. The number of aromatic nitrogens is 1. The van der Waals surface area contributed by atoms with E-state index in [1.165, 1.54) is 25.7 Å². The fourth-order valence-electron chi connectivity index (χ4n) is 1.83. The lowest BCUT2D eigenvalue weighted by atomic mass is 10.0. The number of hydrogen-bond acceptors (Lipinski definition) is 3. The van der Waals surface area contributed by atoms with E-state index in [1.807, 2.05) is 24.5 Å². The van der Waals surface area contributed by atoms with Gasteiger partial charge in [-0.25, -0.2) is 0 Å². The summed E-state index contributed by atoms with van der Waals surface area (Å²) in [6, 6.07) is 3.96. The second-order valence-corrected chi connectivity index (χ2v) is 4.69. The topological polar surface area (TPSA) is 37.5 Å². The van der Waals surface area contributed by atoms with Gasteiger partial charge < -0.3 is 5.43 Å². The molecule has 0 aromatic carbocycles. The molecule has 1 atom stereocenters. The molecule has 0 amide bonds. The van der Waals surface area contributed by atoms with E-state index in [0.717, 1.165) is 12.2 Å². The molecule has 1 heterocycles. The van der Waals surface area contributed by atoms with Crippen LogP contribution < -0.4 is 15.0 Å². The highest BCUT2D eigenvalue weighted by Crippen LogP contribution is 2.11. The van der Waals surface area contributed by atoms with Crippen molar-refractivity contribution in [3.05, 3.63) is 30.1 Å². The Bertz CT molecular complexity index is 362. The van der Waals surface area contributed by atoms with Crippen LogP contribution in [0.4, 0.5) is 0 Å². The summed E-state index contributed by atoms with van der Waals surface area (Å²) in [6.07, 6.45) is 10.6. The maximum Gasteiger partial charge on any atom is 0.223 e. The maximum absolute atomic E-state index is 5.77. The minimum atomic E-state index is 0.651. The molecule has 0 fully saturated rings. The van der Waals surface area contributed by atoms with Crippen molar-refractivity contribution in [3.63, 3.8) is 0 Å². The van der Waals surface area contributed by atoms with Gasteiger partial charge in [0.25, 0.3) is 0 Å². The van der Waals surface area contributed by atoms with E-state index in [4.69, 9.17) is 4.84 Å². The van der Waals surface area contributed by atoms with Gasteiger partial charge in [-0.05, 0) is 18.8 Å². The number of hydrazone groups is 1. The van der Waals surface area contributed by atoms with Crippen LogP contribution in [0.2, 0.25) is 0 Å². The Morgan fingerprint density at radius 3 is 2.68 bits per heavy atom. The Hall–Kier alpha value is -1.58. The molecular weight excluding hydrogens is 238 g/mol. The van der Waals surface area contributed by atoms with Crippen LogP contribution in [0.1, 0.15) is 45.1 Å². The van der Waals surface area contributed by atoms with Crippen LogP contribution in [0.5, 0.6) is 0 Å². The van der Waals surface area contributed by atoms with Crippen LogP contribution >= 0.6 is 0 Å². The fraction of sp³-hybridized carbons (Fsp3) is 0.600.